The lowest BCUT2D eigenvalue weighted by Crippen LogP contribution is -2.45. The Hall–Kier alpha value is -2.38. The summed E-state index contributed by atoms with van der Waals surface area (Å²) in [5.41, 5.74) is -0.318. The number of rotatable bonds is 5. The van der Waals surface area contributed by atoms with Crippen LogP contribution in [0.4, 0.5) is 0 Å². The molecule has 0 aromatic heterocycles. The van der Waals surface area contributed by atoms with Gasteiger partial charge in [-0.1, -0.05) is 6.58 Å². The lowest BCUT2D eigenvalue weighted by molar-refractivity contribution is -0.177. The van der Waals surface area contributed by atoms with E-state index in [1.807, 2.05) is 0 Å². The summed E-state index contributed by atoms with van der Waals surface area (Å²) in [6.07, 6.45) is -0.0426. The van der Waals surface area contributed by atoms with Crippen molar-refractivity contribution in [3.63, 3.8) is 0 Å². The molecule has 3 rings (SSSR count). The van der Waals surface area contributed by atoms with E-state index in [0.717, 1.165) is 0 Å². The summed E-state index contributed by atoms with van der Waals surface area (Å²) in [7, 11) is 1.30. The van der Waals surface area contributed by atoms with Crippen LogP contribution in [-0.2, 0) is 38.1 Å². The van der Waals surface area contributed by atoms with Crippen LogP contribution in [-0.4, -0.2) is 49.8 Å². The highest BCUT2D eigenvalue weighted by molar-refractivity contribution is 5.88. The zero-order valence-electron chi connectivity index (χ0n) is 14.1. The van der Waals surface area contributed by atoms with Gasteiger partial charge in [0.25, 0.3) is 0 Å². The first-order valence-electron chi connectivity index (χ1n) is 8.07. The van der Waals surface area contributed by atoms with Gasteiger partial charge in [-0.3, -0.25) is 9.59 Å². The first-order chi connectivity index (χ1) is 11.8. The minimum absolute atomic E-state index is 0.169. The Kier molecular flexibility index (Phi) is 4.30. The van der Waals surface area contributed by atoms with Crippen LogP contribution in [0.3, 0.4) is 0 Å². The topological polar surface area (TPSA) is 105 Å². The van der Waals surface area contributed by atoms with Crippen molar-refractivity contribution in [2.24, 2.45) is 17.3 Å². The summed E-state index contributed by atoms with van der Waals surface area (Å²) in [6.45, 7) is 4.32. The largest absolute Gasteiger partial charge is 0.469 e. The smallest absolute Gasteiger partial charge is 0.344 e. The molecule has 1 saturated heterocycles. The fourth-order valence-corrected chi connectivity index (χ4v) is 4.33. The Morgan fingerprint density at radius 3 is 2.68 bits per heavy atom. The molecule has 0 aromatic carbocycles. The molecular formula is C17H20O8. The molecule has 0 N–H and O–H groups in total. The highest BCUT2D eigenvalue weighted by atomic mass is 16.6. The minimum atomic E-state index is -0.756. The zero-order valence-corrected chi connectivity index (χ0v) is 14.1. The van der Waals surface area contributed by atoms with Gasteiger partial charge in [-0.2, -0.15) is 0 Å². The van der Waals surface area contributed by atoms with E-state index in [1.54, 1.807) is 0 Å². The van der Waals surface area contributed by atoms with Crippen LogP contribution in [0.2, 0.25) is 0 Å². The number of carbonyl (C=O) groups is 4. The summed E-state index contributed by atoms with van der Waals surface area (Å²) in [6, 6.07) is 0. The molecule has 2 saturated carbocycles. The van der Waals surface area contributed by atoms with E-state index in [0.29, 0.717) is 12.8 Å². The number of ether oxygens (including phenoxy) is 4. The number of carbonyl (C=O) groups excluding carboxylic acids is 4. The third kappa shape index (κ3) is 2.89. The molecule has 5 atom stereocenters. The fraction of sp³-hybridized carbons (Fsp3) is 0.647. The predicted molar refractivity (Wildman–Crippen MR) is 80.8 cm³/mol. The maximum atomic E-state index is 12.0. The van der Waals surface area contributed by atoms with E-state index >= 15 is 0 Å². The molecule has 8 heteroatoms. The quantitative estimate of drug-likeness (QED) is 0.401. The van der Waals surface area contributed by atoms with E-state index in [-0.39, 0.29) is 29.9 Å². The monoisotopic (exact) mass is 352 g/mol. The molecule has 25 heavy (non-hydrogen) atoms. The van der Waals surface area contributed by atoms with Crippen molar-refractivity contribution in [2.45, 2.75) is 38.4 Å². The summed E-state index contributed by atoms with van der Waals surface area (Å²) < 4.78 is 20.4. The van der Waals surface area contributed by atoms with E-state index in [1.165, 1.54) is 14.0 Å². The lowest BCUT2D eigenvalue weighted by Gasteiger charge is -2.34. The van der Waals surface area contributed by atoms with Gasteiger partial charge >= 0.3 is 23.9 Å². The summed E-state index contributed by atoms with van der Waals surface area (Å²) in [4.78, 5) is 47.2. The van der Waals surface area contributed by atoms with Crippen LogP contribution >= 0.6 is 0 Å². The van der Waals surface area contributed by atoms with Crippen LogP contribution < -0.4 is 0 Å². The third-order valence-electron chi connectivity index (χ3n) is 5.31. The summed E-state index contributed by atoms with van der Waals surface area (Å²) in [5.74, 6) is -2.90. The maximum Gasteiger partial charge on any atom is 0.344 e. The van der Waals surface area contributed by atoms with Crippen LogP contribution in [0.25, 0.3) is 0 Å². The number of hydrogen-bond donors (Lipinski definition) is 0. The Bertz CT molecular complexity index is 653. The molecule has 136 valence electrons. The number of esters is 4. The Morgan fingerprint density at radius 1 is 1.32 bits per heavy atom. The van der Waals surface area contributed by atoms with Crippen molar-refractivity contribution in [2.75, 3.05) is 13.7 Å². The molecule has 2 aliphatic carbocycles. The molecule has 5 unspecified atom stereocenters. The standard InChI is InChI=1S/C17H20O8/c1-8(2)15(20)23-7-12(19)24-13-9-4-17(5-10(9)16(21)22-3)6-11(18)25-14(13)17/h9-10,13-14H,1,4-7H2,2-3H3. The second-order valence-corrected chi connectivity index (χ2v) is 6.96. The molecular weight excluding hydrogens is 332 g/mol. The number of hydrogen-bond acceptors (Lipinski definition) is 8. The predicted octanol–water partition coefficient (Wildman–Crippen LogP) is 0.532. The number of methoxy groups -OCH3 is 1. The molecule has 0 radical (unpaired) electrons. The van der Waals surface area contributed by atoms with E-state index in [4.69, 9.17) is 18.9 Å². The average Bonchev–Trinajstić information content (AvgIpc) is 3.17. The van der Waals surface area contributed by atoms with E-state index in [2.05, 4.69) is 6.58 Å². The lowest BCUT2D eigenvalue weighted by atomic mass is 9.76. The molecule has 1 aliphatic heterocycles. The Balaban J connectivity index is 1.70. The van der Waals surface area contributed by atoms with Gasteiger partial charge in [0.15, 0.2) is 6.61 Å². The average molecular weight is 352 g/mol. The van der Waals surface area contributed by atoms with Gasteiger partial charge in [0.2, 0.25) is 0 Å². The van der Waals surface area contributed by atoms with Gasteiger partial charge in [-0.25, -0.2) is 9.59 Å². The summed E-state index contributed by atoms with van der Waals surface area (Å²) in [5, 5.41) is 0. The number of fused-ring (bicyclic) bond motifs is 1. The highest BCUT2D eigenvalue weighted by Gasteiger charge is 2.70. The highest BCUT2D eigenvalue weighted by Crippen LogP contribution is 2.63. The second kappa shape index (κ2) is 6.16. The van der Waals surface area contributed by atoms with Gasteiger partial charge in [0, 0.05) is 16.9 Å². The molecule has 3 aliphatic rings. The maximum absolute atomic E-state index is 12.0. The SMILES string of the molecule is C=C(C)C(=O)OCC(=O)OC1C2CC3(CC(=O)OC13)CC2C(=O)OC. The molecule has 3 fully saturated rings. The Morgan fingerprint density at radius 2 is 2.04 bits per heavy atom. The first kappa shape index (κ1) is 17.4. The molecule has 1 spiro atoms. The van der Waals surface area contributed by atoms with Gasteiger partial charge in [0.05, 0.1) is 19.4 Å². The summed E-state index contributed by atoms with van der Waals surface area (Å²) >= 11 is 0. The van der Waals surface area contributed by atoms with E-state index < -0.39 is 42.1 Å². The van der Waals surface area contributed by atoms with Gasteiger partial charge in [-0.15, -0.1) is 0 Å². The van der Waals surface area contributed by atoms with Crippen molar-refractivity contribution in [1.82, 2.24) is 0 Å². The van der Waals surface area contributed by atoms with Crippen LogP contribution in [0.15, 0.2) is 12.2 Å². The van der Waals surface area contributed by atoms with Crippen LogP contribution in [0.1, 0.15) is 26.2 Å². The van der Waals surface area contributed by atoms with Gasteiger partial charge in [-0.05, 0) is 19.8 Å². The van der Waals surface area contributed by atoms with Gasteiger partial charge in [0.1, 0.15) is 12.2 Å². The molecule has 0 amide bonds. The first-order valence-corrected chi connectivity index (χ1v) is 8.07. The minimum Gasteiger partial charge on any atom is -0.469 e. The molecule has 0 aromatic rings. The molecule has 8 nitrogen and oxygen atoms in total. The second-order valence-electron chi connectivity index (χ2n) is 6.96. The molecule has 2 bridgehead atoms. The van der Waals surface area contributed by atoms with Crippen molar-refractivity contribution >= 4 is 23.9 Å². The fourth-order valence-electron chi connectivity index (χ4n) is 4.33. The van der Waals surface area contributed by atoms with Crippen molar-refractivity contribution in [1.29, 1.82) is 0 Å². The zero-order chi connectivity index (χ0) is 18.4. The van der Waals surface area contributed by atoms with Crippen molar-refractivity contribution < 1.29 is 38.1 Å². The normalized spacial score (nSPS) is 34.9. The molecule has 1 heterocycles. The van der Waals surface area contributed by atoms with E-state index in [9.17, 15) is 19.2 Å². The van der Waals surface area contributed by atoms with Gasteiger partial charge < -0.3 is 18.9 Å². The Labute approximate surface area is 144 Å². The van der Waals surface area contributed by atoms with Crippen LogP contribution in [0, 0.1) is 17.3 Å². The van der Waals surface area contributed by atoms with Crippen LogP contribution in [0.5, 0.6) is 0 Å². The third-order valence-corrected chi connectivity index (χ3v) is 5.31. The van der Waals surface area contributed by atoms with Crippen molar-refractivity contribution in [3.8, 4) is 0 Å². The van der Waals surface area contributed by atoms with Crippen molar-refractivity contribution in [3.05, 3.63) is 12.2 Å².